The van der Waals surface area contributed by atoms with Crippen molar-refractivity contribution in [2.24, 2.45) is 0 Å². The molecule has 0 aliphatic carbocycles. The molecule has 112 valence electrons. The molecule has 5 heteroatoms. The second-order valence-corrected chi connectivity index (χ2v) is 4.58. The maximum absolute atomic E-state index is 10.6. The Morgan fingerprint density at radius 2 is 1.57 bits per heavy atom. The lowest BCUT2D eigenvalue weighted by Gasteiger charge is -2.18. The van der Waals surface area contributed by atoms with Crippen molar-refractivity contribution in [3.63, 3.8) is 0 Å². The largest absolute Gasteiger partial charge is 0.496 e. The number of hydrogen-bond donors (Lipinski definition) is 1. The second kappa shape index (κ2) is 6.45. The van der Waals surface area contributed by atoms with E-state index in [4.69, 9.17) is 14.2 Å². The number of aliphatic hydroxyl groups excluding tert-OH is 1. The van der Waals surface area contributed by atoms with Crippen LogP contribution in [0.25, 0.3) is 0 Å². The molecule has 1 aromatic carbocycles. The molecule has 0 aliphatic rings. The van der Waals surface area contributed by atoms with Crippen LogP contribution >= 0.6 is 0 Å². The molecule has 0 saturated carbocycles. The first-order chi connectivity index (χ1) is 10.1. The number of rotatable bonds is 5. The fourth-order valence-electron chi connectivity index (χ4n) is 2.09. The van der Waals surface area contributed by atoms with Crippen LogP contribution in [0.15, 0.2) is 30.5 Å². The van der Waals surface area contributed by atoms with Gasteiger partial charge in [0.25, 0.3) is 0 Å². The van der Waals surface area contributed by atoms with Crippen LogP contribution in [0.1, 0.15) is 22.9 Å². The van der Waals surface area contributed by atoms with Gasteiger partial charge in [-0.1, -0.05) is 6.07 Å². The van der Waals surface area contributed by atoms with Crippen molar-refractivity contribution in [1.82, 2.24) is 4.98 Å². The van der Waals surface area contributed by atoms with E-state index in [-0.39, 0.29) is 0 Å². The van der Waals surface area contributed by atoms with Crippen molar-refractivity contribution in [3.05, 3.63) is 47.3 Å². The summed E-state index contributed by atoms with van der Waals surface area (Å²) in [4.78, 5) is 4.20. The minimum absolute atomic E-state index is 0.528. The van der Waals surface area contributed by atoms with Crippen LogP contribution in [0.2, 0.25) is 0 Å². The van der Waals surface area contributed by atoms with E-state index in [2.05, 4.69) is 4.98 Å². The van der Waals surface area contributed by atoms with E-state index < -0.39 is 6.10 Å². The van der Waals surface area contributed by atoms with E-state index >= 15 is 0 Å². The number of aliphatic hydroxyl groups is 1. The van der Waals surface area contributed by atoms with Gasteiger partial charge >= 0.3 is 0 Å². The standard InChI is InChI=1S/C16H19NO4/c1-10-5-6-11(9-17-10)16(18)12-7-14(20-3)15(21-4)8-13(12)19-2/h5-9,16,18H,1-4H3. The van der Waals surface area contributed by atoms with Gasteiger partial charge in [0, 0.05) is 29.1 Å². The third-order valence-corrected chi connectivity index (χ3v) is 3.28. The Kier molecular flexibility index (Phi) is 4.65. The predicted molar refractivity (Wildman–Crippen MR) is 79.1 cm³/mol. The summed E-state index contributed by atoms with van der Waals surface area (Å²) in [6.45, 7) is 1.90. The van der Waals surface area contributed by atoms with Gasteiger partial charge in [0.15, 0.2) is 11.5 Å². The van der Waals surface area contributed by atoms with E-state index in [0.29, 0.717) is 28.4 Å². The zero-order valence-corrected chi connectivity index (χ0v) is 12.6. The van der Waals surface area contributed by atoms with E-state index in [0.717, 1.165) is 5.69 Å². The molecule has 1 unspecified atom stereocenters. The molecule has 0 radical (unpaired) electrons. The highest BCUT2D eigenvalue weighted by molar-refractivity contribution is 5.53. The van der Waals surface area contributed by atoms with Crippen LogP contribution in [0.5, 0.6) is 17.2 Å². The Balaban J connectivity index is 2.48. The smallest absolute Gasteiger partial charge is 0.164 e. The lowest BCUT2D eigenvalue weighted by molar-refractivity contribution is 0.213. The van der Waals surface area contributed by atoms with Crippen molar-refractivity contribution >= 4 is 0 Å². The maximum atomic E-state index is 10.6. The Hall–Kier alpha value is -2.27. The average molecular weight is 289 g/mol. The molecule has 2 rings (SSSR count). The molecule has 0 bridgehead atoms. The second-order valence-electron chi connectivity index (χ2n) is 4.58. The van der Waals surface area contributed by atoms with Gasteiger partial charge in [-0.3, -0.25) is 4.98 Å². The Morgan fingerprint density at radius 3 is 2.10 bits per heavy atom. The quantitative estimate of drug-likeness (QED) is 0.916. The Labute approximate surface area is 124 Å². The number of pyridine rings is 1. The summed E-state index contributed by atoms with van der Waals surface area (Å²) in [5.74, 6) is 1.61. The van der Waals surface area contributed by atoms with Gasteiger partial charge in [-0.2, -0.15) is 0 Å². The number of aromatic nitrogens is 1. The van der Waals surface area contributed by atoms with E-state index in [1.54, 1.807) is 39.7 Å². The maximum Gasteiger partial charge on any atom is 0.164 e. The van der Waals surface area contributed by atoms with Gasteiger partial charge in [-0.25, -0.2) is 0 Å². The van der Waals surface area contributed by atoms with E-state index in [1.807, 2.05) is 19.1 Å². The van der Waals surface area contributed by atoms with Crippen LogP contribution in [-0.2, 0) is 0 Å². The third kappa shape index (κ3) is 3.08. The highest BCUT2D eigenvalue weighted by Gasteiger charge is 2.19. The minimum Gasteiger partial charge on any atom is -0.496 e. The van der Waals surface area contributed by atoms with Crippen LogP contribution in [-0.4, -0.2) is 31.4 Å². The molecule has 1 atom stereocenters. The van der Waals surface area contributed by atoms with E-state index in [1.165, 1.54) is 0 Å². The average Bonchev–Trinajstić information content (AvgIpc) is 2.53. The highest BCUT2D eigenvalue weighted by atomic mass is 16.5. The zero-order chi connectivity index (χ0) is 15.4. The SMILES string of the molecule is COc1cc(OC)c(C(O)c2ccc(C)nc2)cc1OC. The normalized spacial score (nSPS) is 11.9. The van der Waals surface area contributed by atoms with Crippen LogP contribution < -0.4 is 14.2 Å². The number of aryl methyl sites for hydroxylation is 1. The van der Waals surface area contributed by atoms with Crippen LogP contribution in [0.3, 0.4) is 0 Å². The number of benzene rings is 1. The topological polar surface area (TPSA) is 60.8 Å². The lowest BCUT2D eigenvalue weighted by Crippen LogP contribution is -2.04. The monoisotopic (exact) mass is 289 g/mol. The molecule has 0 saturated heterocycles. The summed E-state index contributed by atoms with van der Waals surface area (Å²) in [7, 11) is 4.65. The summed E-state index contributed by atoms with van der Waals surface area (Å²) in [5, 5.41) is 10.6. The molecule has 0 aliphatic heterocycles. The fraction of sp³-hybridized carbons (Fsp3) is 0.312. The minimum atomic E-state index is -0.854. The lowest BCUT2D eigenvalue weighted by atomic mass is 10.0. The van der Waals surface area contributed by atoms with Crippen molar-refractivity contribution in [2.45, 2.75) is 13.0 Å². The molecule has 0 spiro atoms. The molecule has 0 amide bonds. The van der Waals surface area contributed by atoms with Crippen molar-refractivity contribution in [2.75, 3.05) is 21.3 Å². The number of ether oxygens (including phenoxy) is 3. The molecular formula is C16H19NO4. The van der Waals surface area contributed by atoms with Crippen molar-refractivity contribution < 1.29 is 19.3 Å². The summed E-state index contributed by atoms with van der Waals surface area (Å²) < 4.78 is 15.8. The first-order valence-electron chi connectivity index (χ1n) is 6.51. The molecule has 1 N–H and O–H groups in total. The molecule has 1 heterocycles. The van der Waals surface area contributed by atoms with Gasteiger partial charge in [0.05, 0.1) is 21.3 Å². The van der Waals surface area contributed by atoms with Gasteiger partial charge in [0.2, 0.25) is 0 Å². The van der Waals surface area contributed by atoms with Gasteiger partial charge in [-0.15, -0.1) is 0 Å². The van der Waals surface area contributed by atoms with Crippen molar-refractivity contribution in [1.29, 1.82) is 0 Å². The van der Waals surface area contributed by atoms with Crippen LogP contribution in [0.4, 0.5) is 0 Å². The number of nitrogens with zero attached hydrogens (tertiary/aromatic N) is 1. The summed E-state index contributed by atoms with van der Waals surface area (Å²) in [6, 6.07) is 7.09. The number of hydrogen-bond acceptors (Lipinski definition) is 5. The van der Waals surface area contributed by atoms with Gasteiger partial charge in [-0.05, 0) is 19.1 Å². The molecular weight excluding hydrogens is 270 g/mol. The first kappa shape index (κ1) is 15.1. The number of methoxy groups -OCH3 is 3. The summed E-state index contributed by atoms with van der Waals surface area (Å²) in [6.07, 6.45) is 0.795. The summed E-state index contributed by atoms with van der Waals surface area (Å²) in [5.41, 5.74) is 2.18. The Morgan fingerprint density at radius 1 is 0.952 bits per heavy atom. The molecule has 1 aromatic heterocycles. The van der Waals surface area contributed by atoms with E-state index in [9.17, 15) is 5.11 Å². The van der Waals surface area contributed by atoms with Gasteiger partial charge < -0.3 is 19.3 Å². The van der Waals surface area contributed by atoms with Gasteiger partial charge in [0.1, 0.15) is 11.9 Å². The summed E-state index contributed by atoms with van der Waals surface area (Å²) >= 11 is 0. The molecule has 2 aromatic rings. The molecule has 5 nitrogen and oxygen atoms in total. The van der Waals surface area contributed by atoms with Crippen LogP contribution in [0, 0.1) is 6.92 Å². The molecule has 21 heavy (non-hydrogen) atoms. The zero-order valence-electron chi connectivity index (χ0n) is 12.6. The molecule has 0 fully saturated rings. The Bertz CT molecular complexity index is 610. The predicted octanol–water partition coefficient (Wildman–Crippen LogP) is 2.50. The van der Waals surface area contributed by atoms with Crippen molar-refractivity contribution in [3.8, 4) is 17.2 Å². The fourth-order valence-corrected chi connectivity index (χ4v) is 2.09. The third-order valence-electron chi connectivity index (χ3n) is 3.28. The highest BCUT2D eigenvalue weighted by Crippen LogP contribution is 2.39. The first-order valence-corrected chi connectivity index (χ1v) is 6.51.